The molecule has 0 aliphatic heterocycles. The zero-order chi connectivity index (χ0) is 18.0. The molecule has 0 amide bonds. The Morgan fingerprint density at radius 2 is 1.96 bits per heavy atom. The molecule has 0 aliphatic carbocycles. The van der Waals surface area contributed by atoms with Crippen LogP contribution in [0.1, 0.15) is 17.7 Å². The fraction of sp³-hybridized carbons (Fsp3) is 0.389. The molecule has 1 N–H and O–H groups in total. The van der Waals surface area contributed by atoms with Crippen LogP contribution in [0.25, 0.3) is 11.0 Å². The third kappa shape index (κ3) is 3.82. The molecular weight excluding hydrogens is 380 g/mol. The molecule has 3 rings (SSSR count). The summed E-state index contributed by atoms with van der Waals surface area (Å²) in [5.41, 5.74) is 3.42. The maximum Gasteiger partial charge on any atom is 0.145 e. The lowest BCUT2D eigenvalue weighted by atomic mass is 10.2. The van der Waals surface area contributed by atoms with Crippen molar-refractivity contribution in [2.45, 2.75) is 26.8 Å². The summed E-state index contributed by atoms with van der Waals surface area (Å²) >= 11 is 3.41. The molecule has 0 saturated carbocycles. The fourth-order valence-electron chi connectivity index (χ4n) is 2.95. The molecule has 0 spiro atoms. The molecule has 0 atom stereocenters. The van der Waals surface area contributed by atoms with Gasteiger partial charge in [0, 0.05) is 22.9 Å². The van der Waals surface area contributed by atoms with E-state index in [9.17, 15) is 0 Å². The number of pyridine rings is 1. The first-order valence-electron chi connectivity index (χ1n) is 8.31. The Bertz CT molecular complexity index is 869. The summed E-state index contributed by atoms with van der Waals surface area (Å²) in [4.78, 5) is 15.6. The molecule has 6 nitrogen and oxygen atoms in total. The number of aryl methyl sites for hydroxylation is 2. The second-order valence-electron chi connectivity index (χ2n) is 6.43. The molecule has 0 fully saturated rings. The van der Waals surface area contributed by atoms with Crippen molar-refractivity contribution in [1.29, 1.82) is 0 Å². The maximum absolute atomic E-state index is 4.55. The second-order valence-corrected chi connectivity index (χ2v) is 7.34. The standard InChI is InChI=1S/C18H23BrN6/c1-12-13(2)25(9-5-8-24(3)4)18-16(12)17(21-11-22-18)23-15-7-6-14(19)10-20-15/h6-7,10-11H,5,8-9H2,1-4H3,(H,20,21,22,23). The highest BCUT2D eigenvalue weighted by molar-refractivity contribution is 9.10. The minimum absolute atomic E-state index is 0.764. The number of aromatic nitrogens is 4. The summed E-state index contributed by atoms with van der Waals surface area (Å²) in [5, 5.41) is 4.39. The molecule has 25 heavy (non-hydrogen) atoms. The van der Waals surface area contributed by atoms with Crippen LogP contribution in [-0.2, 0) is 6.54 Å². The molecule has 3 aromatic heterocycles. The molecule has 7 heteroatoms. The van der Waals surface area contributed by atoms with Gasteiger partial charge in [0.05, 0.1) is 5.39 Å². The van der Waals surface area contributed by atoms with Gasteiger partial charge in [-0.25, -0.2) is 15.0 Å². The van der Waals surface area contributed by atoms with Crippen LogP contribution in [0, 0.1) is 13.8 Å². The van der Waals surface area contributed by atoms with E-state index < -0.39 is 0 Å². The van der Waals surface area contributed by atoms with E-state index in [-0.39, 0.29) is 0 Å². The Hall–Kier alpha value is -1.99. The molecule has 3 aromatic rings. The monoisotopic (exact) mass is 402 g/mol. The largest absolute Gasteiger partial charge is 0.329 e. The fourth-order valence-corrected chi connectivity index (χ4v) is 3.19. The normalized spacial score (nSPS) is 11.4. The summed E-state index contributed by atoms with van der Waals surface area (Å²) in [6.07, 6.45) is 4.47. The molecule has 0 radical (unpaired) electrons. The van der Waals surface area contributed by atoms with Crippen LogP contribution in [0.15, 0.2) is 29.1 Å². The summed E-state index contributed by atoms with van der Waals surface area (Å²) in [5.74, 6) is 1.56. The number of fused-ring (bicyclic) bond motifs is 1. The molecular formula is C18H23BrN6. The topological polar surface area (TPSA) is 58.9 Å². The second kappa shape index (κ2) is 7.49. The predicted octanol–water partition coefficient (Wildman–Crippen LogP) is 3.90. The number of hydrogen-bond donors (Lipinski definition) is 1. The van der Waals surface area contributed by atoms with E-state index in [2.05, 4.69) is 73.6 Å². The van der Waals surface area contributed by atoms with E-state index in [1.54, 1.807) is 12.5 Å². The van der Waals surface area contributed by atoms with E-state index in [4.69, 9.17) is 0 Å². The van der Waals surface area contributed by atoms with Crippen molar-refractivity contribution in [3.63, 3.8) is 0 Å². The van der Waals surface area contributed by atoms with E-state index in [1.807, 2.05) is 12.1 Å². The van der Waals surface area contributed by atoms with E-state index in [1.165, 1.54) is 11.3 Å². The Labute approximate surface area is 156 Å². The molecule has 3 heterocycles. The van der Waals surface area contributed by atoms with Crippen molar-refractivity contribution in [2.75, 3.05) is 26.0 Å². The lowest BCUT2D eigenvalue weighted by Gasteiger charge is -2.12. The minimum atomic E-state index is 0.764. The van der Waals surface area contributed by atoms with Gasteiger partial charge in [-0.1, -0.05) is 0 Å². The summed E-state index contributed by atoms with van der Waals surface area (Å²) < 4.78 is 3.24. The SMILES string of the molecule is Cc1c(C)n(CCCN(C)C)c2ncnc(Nc3ccc(Br)cn3)c12. The molecule has 0 saturated heterocycles. The number of nitrogens with zero attached hydrogens (tertiary/aromatic N) is 5. The van der Waals surface area contributed by atoms with Crippen molar-refractivity contribution in [3.8, 4) is 0 Å². The number of halogens is 1. The molecule has 0 aliphatic rings. The molecule has 0 aromatic carbocycles. The zero-order valence-electron chi connectivity index (χ0n) is 15.0. The van der Waals surface area contributed by atoms with Crippen LogP contribution in [-0.4, -0.2) is 45.1 Å². The highest BCUT2D eigenvalue weighted by Crippen LogP contribution is 2.30. The first-order chi connectivity index (χ1) is 12.0. The van der Waals surface area contributed by atoms with Crippen LogP contribution in [0.3, 0.4) is 0 Å². The lowest BCUT2D eigenvalue weighted by molar-refractivity contribution is 0.387. The Morgan fingerprint density at radius 3 is 2.64 bits per heavy atom. The highest BCUT2D eigenvalue weighted by atomic mass is 79.9. The van der Waals surface area contributed by atoms with Crippen LogP contribution in [0.5, 0.6) is 0 Å². The van der Waals surface area contributed by atoms with Crippen LogP contribution in [0.2, 0.25) is 0 Å². The van der Waals surface area contributed by atoms with Crippen LogP contribution in [0.4, 0.5) is 11.6 Å². The zero-order valence-corrected chi connectivity index (χ0v) is 16.6. The molecule has 0 unspecified atom stereocenters. The van der Waals surface area contributed by atoms with Crippen LogP contribution < -0.4 is 5.32 Å². The third-order valence-corrected chi connectivity index (χ3v) is 4.84. The minimum Gasteiger partial charge on any atom is -0.329 e. The molecule has 132 valence electrons. The number of rotatable bonds is 6. The Kier molecular flexibility index (Phi) is 5.34. The van der Waals surface area contributed by atoms with E-state index in [0.717, 1.165) is 46.7 Å². The van der Waals surface area contributed by atoms with Gasteiger partial charge in [0.25, 0.3) is 0 Å². The number of anilines is 2. The average molecular weight is 403 g/mol. The van der Waals surface area contributed by atoms with Gasteiger partial charge in [-0.05, 0) is 74.5 Å². The van der Waals surface area contributed by atoms with Crippen molar-refractivity contribution >= 4 is 38.6 Å². The number of nitrogens with one attached hydrogen (secondary N) is 1. The van der Waals surface area contributed by atoms with Gasteiger partial charge in [-0.2, -0.15) is 0 Å². The van der Waals surface area contributed by atoms with E-state index in [0.29, 0.717) is 0 Å². The smallest absolute Gasteiger partial charge is 0.145 e. The van der Waals surface area contributed by atoms with Crippen molar-refractivity contribution in [2.24, 2.45) is 0 Å². The van der Waals surface area contributed by atoms with Crippen molar-refractivity contribution < 1.29 is 0 Å². The average Bonchev–Trinajstić information content (AvgIpc) is 2.82. The van der Waals surface area contributed by atoms with Crippen molar-refractivity contribution in [3.05, 3.63) is 40.4 Å². The Balaban J connectivity index is 1.96. The van der Waals surface area contributed by atoms with Crippen molar-refractivity contribution in [1.82, 2.24) is 24.4 Å². The first kappa shape index (κ1) is 17.8. The van der Waals surface area contributed by atoms with Gasteiger partial charge in [-0.15, -0.1) is 0 Å². The molecule has 0 bridgehead atoms. The maximum atomic E-state index is 4.55. The van der Waals surface area contributed by atoms with Gasteiger partial charge in [0.2, 0.25) is 0 Å². The van der Waals surface area contributed by atoms with Gasteiger partial charge < -0.3 is 14.8 Å². The predicted molar refractivity (Wildman–Crippen MR) is 105 cm³/mol. The van der Waals surface area contributed by atoms with Gasteiger partial charge in [0.15, 0.2) is 0 Å². The van der Waals surface area contributed by atoms with Crippen LogP contribution >= 0.6 is 15.9 Å². The number of hydrogen-bond acceptors (Lipinski definition) is 5. The quantitative estimate of drug-likeness (QED) is 0.677. The summed E-state index contributed by atoms with van der Waals surface area (Å²) in [6, 6.07) is 3.88. The van der Waals surface area contributed by atoms with Gasteiger partial charge >= 0.3 is 0 Å². The Morgan fingerprint density at radius 1 is 1.16 bits per heavy atom. The summed E-state index contributed by atoms with van der Waals surface area (Å²) in [7, 11) is 4.20. The third-order valence-electron chi connectivity index (χ3n) is 4.37. The summed E-state index contributed by atoms with van der Waals surface area (Å²) in [6.45, 7) is 6.27. The van der Waals surface area contributed by atoms with Gasteiger partial charge in [-0.3, -0.25) is 0 Å². The van der Waals surface area contributed by atoms with E-state index >= 15 is 0 Å². The first-order valence-corrected chi connectivity index (χ1v) is 9.10. The van der Waals surface area contributed by atoms with Gasteiger partial charge in [0.1, 0.15) is 23.6 Å². The highest BCUT2D eigenvalue weighted by Gasteiger charge is 2.16. The lowest BCUT2D eigenvalue weighted by Crippen LogP contribution is -2.15.